The van der Waals surface area contributed by atoms with Gasteiger partial charge in [0.15, 0.2) is 0 Å². The Hall–Kier alpha value is -1.47. The molecule has 1 aromatic rings. The summed E-state index contributed by atoms with van der Waals surface area (Å²) in [6.45, 7) is 2.12. The molecule has 1 fully saturated rings. The summed E-state index contributed by atoms with van der Waals surface area (Å²) in [6, 6.07) is -1.00. The number of imide groups is 1. The van der Waals surface area contributed by atoms with Crippen molar-refractivity contribution in [3.8, 4) is 0 Å². The Morgan fingerprint density at radius 3 is 3.00 bits per heavy atom. The maximum absolute atomic E-state index is 12.0. The molecule has 0 saturated carbocycles. The number of nitrogens with zero attached hydrogens (tertiary/aromatic N) is 2. The summed E-state index contributed by atoms with van der Waals surface area (Å²) in [5, 5.41) is 3.19. The van der Waals surface area contributed by atoms with Crippen LogP contribution in [0.2, 0.25) is 0 Å². The molecule has 17 heavy (non-hydrogen) atoms. The molecule has 0 unspecified atom stereocenters. The third kappa shape index (κ3) is 2.03. The first kappa shape index (κ1) is 12.0. The van der Waals surface area contributed by atoms with Crippen LogP contribution in [-0.4, -0.2) is 36.7 Å². The van der Waals surface area contributed by atoms with E-state index in [1.165, 1.54) is 18.4 Å². The number of thiazole rings is 1. The van der Waals surface area contributed by atoms with Gasteiger partial charge in [-0.05, 0) is 6.42 Å². The zero-order chi connectivity index (χ0) is 12.4. The SMILES string of the molecule is CCc1ncsc1N1C(=O)N[C@@H](COC)C1=O. The highest BCUT2D eigenvalue weighted by atomic mass is 32.1. The van der Waals surface area contributed by atoms with Gasteiger partial charge < -0.3 is 10.1 Å². The molecule has 1 N–H and O–H groups in total. The van der Waals surface area contributed by atoms with Gasteiger partial charge in [0.25, 0.3) is 5.91 Å². The Morgan fingerprint density at radius 2 is 2.35 bits per heavy atom. The summed E-state index contributed by atoms with van der Waals surface area (Å²) in [7, 11) is 1.49. The second kappa shape index (κ2) is 4.80. The number of carbonyl (C=O) groups is 2. The molecule has 1 aromatic heterocycles. The molecular formula is C10H13N3O3S. The van der Waals surface area contributed by atoms with Gasteiger partial charge in [0.05, 0.1) is 17.8 Å². The minimum atomic E-state index is -0.598. The third-order valence-corrected chi connectivity index (χ3v) is 3.36. The van der Waals surface area contributed by atoms with Crippen molar-refractivity contribution in [1.82, 2.24) is 10.3 Å². The maximum Gasteiger partial charge on any atom is 0.330 e. The quantitative estimate of drug-likeness (QED) is 0.807. The summed E-state index contributed by atoms with van der Waals surface area (Å²) in [5.41, 5.74) is 2.40. The van der Waals surface area contributed by atoms with E-state index in [4.69, 9.17) is 4.74 Å². The number of hydrogen-bond donors (Lipinski definition) is 1. The number of rotatable bonds is 4. The standard InChI is InChI=1S/C10H13N3O3S/c1-3-6-9(17-5-11-6)13-8(14)7(4-16-2)12-10(13)15/h5,7H,3-4H2,1-2H3,(H,12,15)/t7-/m0/s1. The Labute approximate surface area is 103 Å². The topological polar surface area (TPSA) is 71.5 Å². The van der Waals surface area contributed by atoms with Crippen molar-refractivity contribution in [3.63, 3.8) is 0 Å². The van der Waals surface area contributed by atoms with Gasteiger partial charge in [-0.3, -0.25) is 4.79 Å². The van der Waals surface area contributed by atoms with Crippen molar-refractivity contribution >= 4 is 28.3 Å². The smallest absolute Gasteiger partial charge is 0.330 e. The zero-order valence-corrected chi connectivity index (χ0v) is 10.4. The molecule has 7 heteroatoms. The number of nitrogens with one attached hydrogen (secondary N) is 1. The molecule has 0 radical (unpaired) electrons. The Morgan fingerprint density at radius 1 is 1.59 bits per heavy atom. The van der Waals surface area contributed by atoms with E-state index < -0.39 is 12.1 Å². The first-order valence-corrected chi connectivity index (χ1v) is 6.12. The summed E-state index contributed by atoms with van der Waals surface area (Å²) >= 11 is 1.29. The molecule has 1 atom stereocenters. The second-order valence-electron chi connectivity index (χ2n) is 3.59. The zero-order valence-electron chi connectivity index (χ0n) is 9.60. The summed E-state index contributed by atoms with van der Waals surface area (Å²) in [5.74, 6) is -0.282. The number of aryl methyl sites for hydroxylation is 1. The number of anilines is 1. The van der Waals surface area contributed by atoms with Crippen LogP contribution in [0.1, 0.15) is 12.6 Å². The van der Waals surface area contributed by atoms with Crippen molar-refractivity contribution in [2.24, 2.45) is 0 Å². The van der Waals surface area contributed by atoms with Crippen LogP contribution in [0.15, 0.2) is 5.51 Å². The Bertz CT molecular complexity index is 446. The first-order valence-electron chi connectivity index (χ1n) is 5.24. The highest BCUT2D eigenvalue weighted by molar-refractivity contribution is 7.14. The van der Waals surface area contributed by atoms with Gasteiger partial charge in [-0.1, -0.05) is 6.92 Å². The number of urea groups is 1. The lowest BCUT2D eigenvalue weighted by atomic mass is 10.3. The molecule has 1 aliphatic rings. The third-order valence-electron chi connectivity index (χ3n) is 2.51. The normalized spacial score (nSPS) is 19.9. The van der Waals surface area contributed by atoms with E-state index >= 15 is 0 Å². The average Bonchev–Trinajstić information content (AvgIpc) is 2.85. The lowest BCUT2D eigenvalue weighted by Crippen LogP contribution is -2.34. The van der Waals surface area contributed by atoms with E-state index in [9.17, 15) is 9.59 Å². The summed E-state index contributed by atoms with van der Waals surface area (Å²) in [4.78, 5) is 29.1. The lowest BCUT2D eigenvalue weighted by Gasteiger charge is -2.11. The maximum atomic E-state index is 12.0. The fourth-order valence-corrected chi connectivity index (χ4v) is 2.58. The summed E-state index contributed by atoms with van der Waals surface area (Å²) < 4.78 is 4.89. The van der Waals surface area contributed by atoms with E-state index in [-0.39, 0.29) is 12.5 Å². The molecule has 0 aromatic carbocycles. The highest BCUT2D eigenvalue weighted by Crippen LogP contribution is 2.28. The number of hydrogen-bond acceptors (Lipinski definition) is 5. The van der Waals surface area contributed by atoms with E-state index in [0.29, 0.717) is 11.4 Å². The monoisotopic (exact) mass is 255 g/mol. The van der Waals surface area contributed by atoms with Crippen LogP contribution in [0.25, 0.3) is 0 Å². The van der Waals surface area contributed by atoms with Gasteiger partial charge >= 0.3 is 6.03 Å². The number of ether oxygens (including phenoxy) is 1. The van der Waals surface area contributed by atoms with Gasteiger partial charge in [0.2, 0.25) is 0 Å². The minimum Gasteiger partial charge on any atom is -0.382 e. The van der Waals surface area contributed by atoms with Crippen LogP contribution < -0.4 is 10.2 Å². The Kier molecular flexibility index (Phi) is 3.39. The van der Waals surface area contributed by atoms with Gasteiger partial charge in [-0.2, -0.15) is 0 Å². The molecule has 0 bridgehead atoms. The van der Waals surface area contributed by atoms with Crippen LogP contribution in [-0.2, 0) is 16.0 Å². The molecule has 1 saturated heterocycles. The van der Waals surface area contributed by atoms with Crippen molar-refractivity contribution in [1.29, 1.82) is 0 Å². The number of amides is 3. The van der Waals surface area contributed by atoms with Gasteiger partial charge in [-0.15, -0.1) is 11.3 Å². The lowest BCUT2D eigenvalue weighted by molar-refractivity contribution is -0.119. The van der Waals surface area contributed by atoms with E-state index in [0.717, 1.165) is 10.6 Å². The molecule has 3 amide bonds. The van der Waals surface area contributed by atoms with Crippen LogP contribution in [0.3, 0.4) is 0 Å². The highest BCUT2D eigenvalue weighted by Gasteiger charge is 2.40. The minimum absolute atomic E-state index is 0.182. The van der Waals surface area contributed by atoms with Crippen molar-refractivity contribution in [3.05, 3.63) is 11.2 Å². The predicted octanol–water partition coefficient (Wildman–Crippen LogP) is 0.777. The molecule has 2 rings (SSSR count). The molecule has 92 valence electrons. The predicted molar refractivity (Wildman–Crippen MR) is 63.2 cm³/mol. The number of aromatic nitrogens is 1. The fraction of sp³-hybridized carbons (Fsp3) is 0.500. The van der Waals surface area contributed by atoms with Crippen LogP contribution in [0.4, 0.5) is 9.80 Å². The molecule has 2 heterocycles. The molecule has 0 aliphatic carbocycles. The largest absolute Gasteiger partial charge is 0.382 e. The number of methoxy groups -OCH3 is 1. The van der Waals surface area contributed by atoms with Gasteiger partial charge in [-0.25, -0.2) is 14.7 Å². The molecular weight excluding hydrogens is 242 g/mol. The van der Waals surface area contributed by atoms with Crippen molar-refractivity contribution in [2.75, 3.05) is 18.6 Å². The van der Waals surface area contributed by atoms with Crippen molar-refractivity contribution in [2.45, 2.75) is 19.4 Å². The van der Waals surface area contributed by atoms with Gasteiger partial charge in [0, 0.05) is 7.11 Å². The second-order valence-corrected chi connectivity index (χ2v) is 4.42. The van der Waals surface area contributed by atoms with Crippen LogP contribution >= 0.6 is 11.3 Å². The molecule has 1 aliphatic heterocycles. The Balaban J connectivity index is 2.27. The van der Waals surface area contributed by atoms with Crippen LogP contribution in [0, 0.1) is 0 Å². The van der Waals surface area contributed by atoms with Crippen LogP contribution in [0.5, 0.6) is 0 Å². The van der Waals surface area contributed by atoms with Gasteiger partial charge in [0.1, 0.15) is 11.0 Å². The molecule has 6 nitrogen and oxygen atoms in total. The first-order chi connectivity index (χ1) is 8.19. The fourth-order valence-electron chi connectivity index (χ4n) is 1.69. The average molecular weight is 255 g/mol. The van der Waals surface area contributed by atoms with E-state index in [1.807, 2.05) is 6.92 Å². The van der Waals surface area contributed by atoms with E-state index in [1.54, 1.807) is 5.51 Å². The molecule has 0 spiro atoms. The van der Waals surface area contributed by atoms with E-state index in [2.05, 4.69) is 10.3 Å². The van der Waals surface area contributed by atoms with Crippen molar-refractivity contribution < 1.29 is 14.3 Å². The number of carbonyl (C=O) groups excluding carboxylic acids is 2. The summed E-state index contributed by atoms with van der Waals surface area (Å²) in [6.07, 6.45) is 0.685.